The third kappa shape index (κ3) is 5.00. The normalized spacial score (nSPS) is 16.9. The van der Waals surface area contributed by atoms with Gasteiger partial charge in [-0.3, -0.25) is 4.99 Å². The predicted octanol–water partition coefficient (Wildman–Crippen LogP) is 5.31. The first kappa shape index (κ1) is 24.2. The SMILES string of the molecule is CC/C(C)=C(\C(C)=N/C)c1ccc(C2=NN(C(=O)NC)C(C)Cc3ccc(OC)cc32)cc1. The summed E-state index contributed by atoms with van der Waals surface area (Å²) < 4.78 is 5.49. The first-order valence-corrected chi connectivity index (χ1v) is 11.4. The van der Waals surface area contributed by atoms with Crippen molar-refractivity contribution < 1.29 is 9.53 Å². The standard InChI is InChI=1S/C27H34N4O2/c1-8-17(2)25(19(4)28-5)20-9-11-21(12-10-20)26-24-16-23(33-7)14-13-22(24)15-18(3)31(30-26)27(32)29-6/h9-14,16,18H,8,15H2,1-7H3,(H,29,32)/b25-17+,28-19-. The van der Waals surface area contributed by atoms with E-state index in [0.29, 0.717) is 6.42 Å². The van der Waals surface area contributed by atoms with E-state index in [4.69, 9.17) is 9.84 Å². The van der Waals surface area contributed by atoms with Crippen LogP contribution in [0.1, 0.15) is 56.4 Å². The number of hydrogen-bond donors (Lipinski definition) is 1. The molecule has 174 valence electrons. The van der Waals surface area contributed by atoms with Crippen LogP contribution in [0.25, 0.3) is 5.57 Å². The molecule has 3 rings (SSSR count). The number of amides is 2. The minimum absolute atomic E-state index is 0.0842. The highest BCUT2D eigenvalue weighted by Crippen LogP contribution is 2.29. The van der Waals surface area contributed by atoms with E-state index in [-0.39, 0.29) is 12.1 Å². The number of fused-ring (bicyclic) bond motifs is 1. The minimum atomic E-state index is -0.227. The third-order valence-corrected chi connectivity index (χ3v) is 6.24. The summed E-state index contributed by atoms with van der Waals surface area (Å²) in [5.74, 6) is 0.762. The number of allylic oxidation sites excluding steroid dienone is 2. The van der Waals surface area contributed by atoms with E-state index in [2.05, 4.69) is 54.5 Å². The second kappa shape index (κ2) is 10.5. The van der Waals surface area contributed by atoms with Crippen LogP contribution >= 0.6 is 0 Å². The molecule has 2 amide bonds. The fourth-order valence-electron chi connectivity index (χ4n) is 4.17. The molecule has 2 aromatic carbocycles. The molecule has 0 radical (unpaired) electrons. The average molecular weight is 447 g/mol. The molecule has 6 nitrogen and oxygen atoms in total. The van der Waals surface area contributed by atoms with Gasteiger partial charge in [-0.25, -0.2) is 9.80 Å². The highest BCUT2D eigenvalue weighted by atomic mass is 16.5. The van der Waals surface area contributed by atoms with Crippen LogP contribution in [0, 0.1) is 0 Å². The predicted molar refractivity (Wildman–Crippen MR) is 136 cm³/mol. The zero-order valence-electron chi connectivity index (χ0n) is 20.7. The molecule has 1 aliphatic heterocycles. The number of hydrogen-bond acceptors (Lipinski definition) is 4. The Bertz CT molecular complexity index is 1110. The van der Waals surface area contributed by atoms with Gasteiger partial charge in [0, 0.05) is 36.5 Å². The molecule has 0 saturated heterocycles. The van der Waals surface area contributed by atoms with Crippen LogP contribution in [0.2, 0.25) is 0 Å². The zero-order chi connectivity index (χ0) is 24.1. The van der Waals surface area contributed by atoms with Crippen molar-refractivity contribution in [1.29, 1.82) is 0 Å². The maximum atomic E-state index is 12.6. The monoisotopic (exact) mass is 446 g/mol. The molecule has 0 bridgehead atoms. The fourth-order valence-corrected chi connectivity index (χ4v) is 4.17. The summed E-state index contributed by atoms with van der Waals surface area (Å²) in [7, 11) is 5.11. The van der Waals surface area contributed by atoms with E-state index in [1.807, 2.05) is 33.0 Å². The Morgan fingerprint density at radius 2 is 1.91 bits per heavy atom. The lowest BCUT2D eigenvalue weighted by molar-refractivity contribution is 0.184. The molecule has 0 aromatic heterocycles. The molecule has 0 spiro atoms. The Morgan fingerprint density at radius 1 is 1.21 bits per heavy atom. The molecular weight excluding hydrogens is 412 g/mol. The molecule has 33 heavy (non-hydrogen) atoms. The van der Waals surface area contributed by atoms with Crippen LogP contribution in [0.4, 0.5) is 4.79 Å². The van der Waals surface area contributed by atoms with Gasteiger partial charge in [-0.15, -0.1) is 0 Å². The molecule has 1 heterocycles. The van der Waals surface area contributed by atoms with E-state index in [9.17, 15) is 4.79 Å². The average Bonchev–Trinajstić information content (AvgIpc) is 2.99. The summed E-state index contributed by atoms with van der Waals surface area (Å²) in [6.07, 6.45) is 1.66. The van der Waals surface area contributed by atoms with Crippen LogP contribution in [-0.4, -0.2) is 49.7 Å². The first-order valence-electron chi connectivity index (χ1n) is 11.4. The Morgan fingerprint density at radius 3 is 2.48 bits per heavy atom. The van der Waals surface area contributed by atoms with Crippen LogP contribution in [0.15, 0.2) is 58.1 Å². The molecule has 1 aliphatic rings. The largest absolute Gasteiger partial charge is 0.497 e. The molecular formula is C27H34N4O2. The van der Waals surface area contributed by atoms with E-state index in [0.717, 1.165) is 45.8 Å². The molecule has 2 aromatic rings. The van der Waals surface area contributed by atoms with E-state index in [1.165, 1.54) is 16.2 Å². The zero-order valence-corrected chi connectivity index (χ0v) is 20.7. The van der Waals surface area contributed by atoms with Crippen molar-refractivity contribution in [3.05, 3.63) is 70.3 Å². The van der Waals surface area contributed by atoms with E-state index < -0.39 is 0 Å². The van der Waals surface area contributed by atoms with Gasteiger partial charge in [0.15, 0.2) is 0 Å². The Labute approximate surface area is 197 Å². The molecule has 1 atom stereocenters. The molecule has 1 N–H and O–H groups in total. The highest BCUT2D eigenvalue weighted by Gasteiger charge is 2.27. The van der Waals surface area contributed by atoms with Crippen molar-refractivity contribution >= 4 is 23.0 Å². The van der Waals surface area contributed by atoms with E-state index >= 15 is 0 Å². The summed E-state index contributed by atoms with van der Waals surface area (Å²) in [4.78, 5) is 17.0. The number of nitrogens with one attached hydrogen (secondary N) is 1. The number of methoxy groups -OCH3 is 1. The van der Waals surface area contributed by atoms with Gasteiger partial charge in [0.1, 0.15) is 5.75 Å². The quantitative estimate of drug-likeness (QED) is 0.633. The number of carbonyl (C=O) groups excluding carboxylic acids is 1. The Kier molecular flexibility index (Phi) is 7.69. The number of benzene rings is 2. The topological polar surface area (TPSA) is 66.3 Å². The smallest absolute Gasteiger partial charge is 0.337 e. The lowest BCUT2D eigenvalue weighted by Gasteiger charge is -2.22. The van der Waals surface area contributed by atoms with Gasteiger partial charge < -0.3 is 10.1 Å². The summed E-state index contributed by atoms with van der Waals surface area (Å²) in [5, 5.41) is 9.09. The van der Waals surface area contributed by atoms with Gasteiger partial charge in [0.25, 0.3) is 0 Å². The van der Waals surface area contributed by atoms with Gasteiger partial charge in [0.05, 0.1) is 18.9 Å². The second-order valence-corrected chi connectivity index (χ2v) is 8.32. The van der Waals surface area contributed by atoms with Crippen LogP contribution < -0.4 is 10.1 Å². The van der Waals surface area contributed by atoms with Crippen molar-refractivity contribution in [2.24, 2.45) is 10.1 Å². The molecule has 0 saturated carbocycles. The van der Waals surface area contributed by atoms with Crippen molar-refractivity contribution in [3.8, 4) is 5.75 Å². The summed E-state index contributed by atoms with van der Waals surface area (Å²) in [5.41, 5.74) is 8.42. The highest BCUT2D eigenvalue weighted by molar-refractivity contribution is 6.23. The number of ether oxygens (including phenoxy) is 1. The van der Waals surface area contributed by atoms with E-state index in [1.54, 1.807) is 14.2 Å². The minimum Gasteiger partial charge on any atom is -0.497 e. The second-order valence-electron chi connectivity index (χ2n) is 8.32. The molecule has 0 fully saturated rings. The molecule has 1 unspecified atom stereocenters. The molecule has 6 heteroatoms. The van der Waals surface area contributed by atoms with Crippen LogP contribution in [0.3, 0.4) is 0 Å². The number of rotatable bonds is 5. The van der Waals surface area contributed by atoms with Crippen molar-refractivity contribution in [2.45, 2.75) is 46.6 Å². The lowest BCUT2D eigenvalue weighted by Crippen LogP contribution is -2.41. The van der Waals surface area contributed by atoms with Gasteiger partial charge >= 0.3 is 6.03 Å². The van der Waals surface area contributed by atoms with Gasteiger partial charge in [0.2, 0.25) is 0 Å². The van der Waals surface area contributed by atoms with Crippen LogP contribution in [-0.2, 0) is 6.42 Å². The van der Waals surface area contributed by atoms with Crippen LogP contribution in [0.5, 0.6) is 5.75 Å². The number of aliphatic imine (C=N–C) groups is 1. The fraction of sp³-hybridized carbons (Fsp3) is 0.370. The summed E-state index contributed by atoms with van der Waals surface area (Å²) >= 11 is 0. The Balaban J connectivity index is 2.17. The molecule has 0 aliphatic carbocycles. The first-order chi connectivity index (χ1) is 15.8. The van der Waals surface area contributed by atoms with Crippen molar-refractivity contribution in [1.82, 2.24) is 10.3 Å². The van der Waals surface area contributed by atoms with Gasteiger partial charge in [-0.1, -0.05) is 42.8 Å². The number of hydrazone groups is 1. The number of nitrogens with zero attached hydrogens (tertiary/aromatic N) is 3. The lowest BCUT2D eigenvalue weighted by atomic mass is 9.91. The van der Waals surface area contributed by atoms with Crippen molar-refractivity contribution in [2.75, 3.05) is 21.2 Å². The maximum Gasteiger partial charge on any atom is 0.337 e. The van der Waals surface area contributed by atoms with Gasteiger partial charge in [-0.05, 0) is 56.9 Å². The maximum absolute atomic E-state index is 12.6. The Hall–Kier alpha value is -3.41. The third-order valence-electron chi connectivity index (χ3n) is 6.24. The summed E-state index contributed by atoms with van der Waals surface area (Å²) in [6, 6.07) is 14.1. The number of carbonyl (C=O) groups is 1. The van der Waals surface area contributed by atoms with Gasteiger partial charge in [-0.2, -0.15) is 5.10 Å². The summed E-state index contributed by atoms with van der Waals surface area (Å²) in [6.45, 7) is 8.36. The number of urea groups is 1. The van der Waals surface area contributed by atoms with Crippen molar-refractivity contribution in [3.63, 3.8) is 0 Å².